The third kappa shape index (κ3) is 4.99. The number of hydrogen-bond donors (Lipinski definition) is 4. The van der Waals surface area contributed by atoms with Gasteiger partial charge in [-0.15, -0.1) is 12.4 Å². The first-order chi connectivity index (χ1) is 12.7. The van der Waals surface area contributed by atoms with Crippen molar-refractivity contribution in [1.29, 1.82) is 0 Å². The lowest BCUT2D eigenvalue weighted by Crippen LogP contribution is -2.30. The third-order valence-corrected chi connectivity index (χ3v) is 4.65. The Kier molecular flexibility index (Phi) is 5.98. The standard InChI is InChI=1S/C20H22N4O2.ClH/c25-19(22-10-13-4-5-15-11-21-12-16(15)8-13)14-2-1-3-18(9-14)24-20(26)23-17-6-7-17;/h1-5,8-9,17,21H,6-7,10-12H2,(H,22,25)(H2,23,24,26);1H. The highest BCUT2D eigenvalue weighted by Gasteiger charge is 2.23. The summed E-state index contributed by atoms with van der Waals surface area (Å²) in [6.07, 6.45) is 2.07. The van der Waals surface area contributed by atoms with Crippen LogP contribution < -0.4 is 21.3 Å². The molecule has 0 bridgehead atoms. The molecule has 1 aliphatic carbocycles. The molecule has 2 aromatic rings. The van der Waals surface area contributed by atoms with E-state index >= 15 is 0 Å². The second kappa shape index (κ2) is 8.41. The summed E-state index contributed by atoms with van der Waals surface area (Å²) < 4.78 is 0. The molecule has 2 aromatic carbocycles. The summed E-state index contributed by atoms with van der Waals surface area (Å²) in [6, 6.07) is 13.3. The number of fused-ring (bicyclic) bond motifs is 1. The topological polar surface area (TPSA) is 82.3 Å². The lowest BCUT2D eigenvalue weighted by Gasteiger charge is -2.10. The molecule has 4 rings (SSSR count). The van der Waals surface area contributed by atoms with E-state index < -0.39 is 0 Å². The maximum absolute atomic E-state index is 12.4. The predicted molar refractivity (Wildman–Crippen MR) is 107 cm³/mol. The Balaban J connectivity index is 0.00000210. The molecule has 6 nitrogen and oxygen atoms in total. The Morgan fingerprint density at radius 2 is 1.85 bits per heavy atom. The molecular formula is C20H23ClN4O2. The summed E-state index contributed by atoms with van der Waals surface area (Å²) in [7, 11) is 0. The van der Waals surface area contributed by atoms with Gasteiger partial charge in [-0.1, -0.05) is 24.3 Å². The summed E-state index contributed by atoms with van der Waals surface area (Å²) in [5.74, 6) is -0.158. The Morgan fingerprint density at radius 1 is 1.04 bits per heavy atom. The van der Waals surface area contributed by atoms with Crippen LogP contribution in [0.1, 0.15) is 39.9 Å². The maximum Gasteiger partial charge on any atom is 0.319 e. The van der Waals surface area contributed by atoms with Crippen LogP contribution in [0.25, 0.3) is 0 Å². The van der Waals surface area contributed by atoms with Gasteiger partial charge in [-0.2, -0.15) is 0 Å². The van der Waals surface area contributed by atoms with Gasteiger partial charge in [0.25, 0.3) is 5.91 Å². The number of anilines is 1. The zero-order chi connectivity index (χ0) is 17.9. The molecule has 0 spiro atoms. The molecular weight excluding hydrogens is 364 g/mol. The van der Waals surface area contributed by atoms with E-state index in [4.69, 9.17) is 0 Å². The molecule has 27 heavy (non-hydrogen) atoms. The number of hydrogen-bond acceptors (Lipinski definition) is 3. The Labute approximate surface area is 164 Å². The fourth-order valence-electron chi connectivity index (χ4n) is 3.06. The average Bonchev–Trinajstić information content (AvgIpc) is 3.32. The van der Waals surface area contributed by atoms with Crippen LogP contribution in [0.3, 0.4) is 0 Å². The minimum absolute atomic E-state index is 0. The number of halogens is 1. The zero-order valence-electron chi connectivity index (χ0n) is 14.9. The average molecular weight is 387 g/mol. The van der Waals surface area contributed by atoms with Crippen LogP contribution in [-0.4, -0.2) is 18.0 Å². The lowest BCUT2D eigenvalue weighted by molar-refractivity contribution is 0.0951. The Bertz CT molecular complexity index is 852. The van der Waals surface area contributed by atoms with Gasteiger partial charge in [-0.05, 0) is 47.7 Å². The fraction of sp³-hybridized carbons (Fsp3) is 0.300. The van der Waals surface area contributed by atoms with E-state index in [0.717, 1.165) is 31.5 Å². The van der Waals surface area contributed by atoms with Crippen LogP contribution in [0.15, 0.2) is 42.5 Å². The van der Waals surface area contributed by atoms with E-state index in [1.54, 1.807) is 24.3 Å². The highest BCUT2D eigenvalue weighted by molar-refractivity contribution is 5.96. The normalized spacial score (nSPS) is 14.7. The van der Waals surface area contributed by atoms with Gasteiger partial charge < -0.3 is 21.3 Å². The molecule has 3 amide bonds. The van der Waals surface area contributed by atoms with Crippen LogP contribution in [0.5, 0.6) is 0 Å². The Hall–Kier alpha value is -2.57. The van der Waals surface area contributed by atoms with Crippen molar-refractivity contribution in [3.63, 3.8) is 0 Å². The SMILES string of the molecule is Cl.O=C(Nc1cccc(C(=O)NCc2ccc3c(c2)CNC3)c1)NC1CC1. The fourth-order valence-corrected chi connectivity index (χ4v) is 3.06. The number of nitrogens with one attached hydrogen (secondary N) is 4. The van der Waals surface area contributed by atoms with Crippen LogP contribution in [-0.2, 0) is 19.6 Å². The highest BCUT2D eigenvalue weighted by atomic mass is 35.5. The summed E-state index contributed by atoms with van der Waals surface area (Å²) >= 11 is 0. The molecule has 2 aliphatic rings. The van der Waals surface area contributed by atoms with E-state index in [0.29, 0.717) is 23.8 Å². The molecule has 1 saturated carbocycles. The zero-order valence-corrected chi connectivity index (χ0v) is 15.7. The quantitative estimate of drug-likeness (QED) is 0.637. The van der Waals surface area contributed by atoms with Crippen molar-refractivity contribution in [3.8, 4) is 0 Å². The second-order valence-electron chi connectivity index (χ2n) is 6.84. The summed E-state index contributed by atoms with van der Waals surface area (Å²) in [6.45, 7) is 2.27. The molecule has 0 aromatic heterocycles. The van der Waals surface area contributed by atoms with Gasteiger partial charge in [0, 0.05) is 36.9 Å². The summed E-state index contributed by atoms with van der Waals surface area (Å²) in [5, 5.41) is 11.9. The molecule has 0 saturated heterocycles. The predicted octanol–water partition coefficient (Wildman–Crippen LogP) is 2.93. The van der Waals surface area contributed by atoms with Gasteiger partial charge in [0.1, 0.15) is 0 Å². The van der Waals surface area contributed by atoms with Crippen molar-refractivity contribution in [3.05, 3.63) is 64.7 Å². The first-order valence-electron chi connectivity index (χ1n) is 8.94. The summed E-state index contributed by atoms with van der Waals surface area (Å²) in [4.78, 5) is 24.2. The molecule has 0 atom stereocenters. The largest absolute Gasteiger partial charge is 0.348 e. The summed E-state index contributed by atoms with van der Waals surface area (Å²) in [5.41, 5.74) is 4.84. The van der Waals surface area contributed by atoms with Crippen molar-refractivity contribution in [2.45, 2.75) is 38.5 Å². The van der Waals surface area contributed by atoms with Gasteiger partial charge in [-0.3, -0.25) is 4.79 Å². The monoisotopic (exact) mass is 386 g/mol. The molecule has 142 valence electrons. The van der Waals surface area contributed by atoms with Crippen molar-refractivity contribution in [2.75, 3.05) is 5.32 Å². The maximum atomic E-state index is 12.4. The molecule has 0 radical (unpaired) electrons. The number of rotatable bonds is 5. The number of amides is 3. The lowest BCUT2D eigenvalue weighted by atomic mass is 10.1. The third-order valence-electron chi connectivity index (χ3n) is 4.65. The number of carbonyl (C=O) groups excluding carboxylic acids is 2. The van der Waals surface area contributed by atoms with Gasteiger partial charge in [0.05, 0.1) is 0 Å². The molecule has 4 N–H and O–H groups in total. The van der Waals surface area contributed by atoms with E-state index in [1.165, 1.54) is 11.1 Å². The first-order valence-corrected chi connectivity index (χ1v) is 8.94. The van der Waals surface area contributed by atoms with Crippen LogP contribution in [0.4, 0.5) is 10.5 Å². The molecule has 1 aliphatic heterocycles. The van der Waals surface area contributed by atoms with Crippen molar-refractivity contribution >= 4 is 30.0 Å². The van der Waals surface area contributed by atoms with Gasteiger partial charge >= 0.3 is 6.03 Å². The molecule has 1 heterocycles. The van der Waals surface area contributed by atoms with Gasteiger partial charge in [0.15, 0.2) is 0 Å². The van der Waals surface area contributed by atoms with Crippen LogP contribution >= 0.6 is 12.4 Å². The van der Waals surface area contributed by atoms with Crippen molar-refractivity contribution < 1.29 is 9.59 Å². The number of benzene rings is 2. The van der Waals surface area contributed by atoms with E-state index in [1.807, 2.05) is 6.07 Å². The highest BCUT2D eigenvalue weighted by Crippen LogP contribution is 2.19. The Morgan fingerprint density at radius 3 is 2.67 bits per heavy atom. The van der Waals surface area contributed by atoms with Crippen molar-refractivity contribution in [2.24, 2.45) is 0 Å². The minimum Gasteiger partial charge on any atom is -0.348 e. The number of urea groups is 1. The first kappa shape index (κ1) is 19.2. The number of carbonyl (C=O) groups is 2. The minimum atomic E-state index is -0.225. The van der Waals surface area contributed by atoms with Crippen LogP contribution in [0, 0.1) is 0 Å². The molecule has 1 fully saturated rings. The van der Waals surface area contributed by atoms with E-state index in [2.05, 4.69) is 33.4 Å². The molecule has 7 heteroatoms. The van der Waals surface area contributed by atoms with Gasteiger partial charge in [-0.25, -0.2) is 4.79 Å². The van der Waals surface area contributed by atoms with Crippen molar-refractivity contribution in [1.82, 2.24) is 16.0 Å². The smallest absolute Gasteiger partial charge is 0.319 e. The van der Waals surface area contributed by atoms with Gasteiger partial charge in [0.2, 0.25) is 0 Å². The molecule has 0 unspecified atom stereocenters. The van der Waals surface area contributed by atoms with Crippen LogP contribution in [0.2, 0.25) is 0 Å². The van der Waals surface area contributed by atoms with E-state index in [-0.39, 0.29) is 24.3 Å². The van der Waals surface area contributed by atoms with E-state index in [9.17, 15) is 9.59 Å². The second-order valence-corrected chi connectivity index (χ2v) is 6.84.